The Morgan fingerprint density at radius 2 is 1.75 bits per heavy atom. The van der Waals surface area contributed by atoms with E-state index in [0.717, 1.165) is 12.1 Å². The molecule has 0 radical (unpaired) electrons. The van der Waals surface area contributed by atoms with Gasteiger partial charge in [-0.05, 0) is 36.8 Å². The maximum Gasteiger partial charge on any atom is 0.416 e. The first-order valence-electron chi connectivity index (χ1n) is 8.31. The minimum atomic E-state index is -4.37. The molecule has 0 fully saturated rings. The number of anilines is 1. The van der Waals surface area contributed by atoms with Crippen LogP contribution in [0, 0.1) is 0 Å². The lowest BCUT2D eigenvalue weighted by atomic mass is 10.1. The average Bonchev–Trinajstić information content (AvgIpc) is 2.65. The topological polar surface area (TPSA) is 54.9 Å². The third kappa shape index (κ3) is 6.77. The van der Waals surface area contributed by atoms with Crippen LogP contribution in [0.5, 0.6) is 11.5 Å². The summed E-state index contributed by atoms with van der Waals surface area (Å²) < 4.78 is 48.9. The van der Waals surface area contributed by atoms with Crippen molar-refractivity contribution in [3.05, 3.63) is 53.6 Å². The normalized spacial score (nSPS) is 11.4. The van der Waals surface area contributed by atoms with Crippen LogP contribution in [0.15, 0.2) is 47.5 Å². The van der Waals surface area contributed by atoms with E-state index in [1.54, 1.807) is 31.4 Å². The molecule has 2 aromatic rings. The highest BCUT2D eigenvalue weighted by Gasteiger charge is 2.30. The van der Waals surface area contributed by atoms with Crippen molar-refractivity contribution in [3.63, 3.8) is 0 Å². The van der Waals surface area contributed by atoms with Gasteiger partial charge in [0.1, 0.15) is 0 Å². The predicted molar refractivity (Wildman–Crippen MR) is 115 cm³/mol. The van der Waals surface area contributed by atoms with Crippen molar-refractivity contribution in [2.24, 2.45) is 4.99 Å². The summed E-state index contributed by atoms with van der Waals surface area (Å²) in [4.78, 5) is 4.36. The molecule has 0 aliphatic rings. The van der Waals surface area contributed by atoms with Crippen molar-refractivity contribution >= 4 is 35.6 Å². The zero-order chi connectivity index (χ0) is 19.9. The summed E-state index contributed by atoms with van der Waals surface area (Å²) in [6, 6.07) is 10.4. The number of benzene rings is 2. The van der Waals surface area contributed by atoms with Crippen LogP contribution in [-0.4, -0.2) is 26.7 Å². The number of halogens is 4. The maximum absolute atomic E-state index is 12.8. The molecular formula is C19H23F3IN3O2. The Labute approximate surface area is 179 Å². The molecule has 28 heavy (non-hydrogen) atoms. The number of hydrogen-bond donors (Lipinski definition) is 2. The molecule has 5 nitrogen and oxygen atoms in total. The highest BCUT2D eigenvalue weighted by Crippen LogP contribution is 2.30. The number of hydrogen-bond acceptors (Lipinski definition) is 3. The molecule has 0 spiro atoms. The van der Waals surface area contributed by atoms with E-state index in [1.165, 1.54) is 13.2 Å². The third-order valence-electron chi connectivity index (χ3n) is 3.66. The van der Waals surface area contributed by atoms with E-state index in [-0.39, 0.29) is 30.5 Å². The van der Waals surface area contributed by atoms with Gasteiger partial charge < -0.3 is 20.1 Å². The largest absolute Gasteiger partial charge is 0.493 e. The summed E-state index contributed by atoms with van der Waals surface area (Å²) in [6.07, 6.45) is -4.37. The van der Waals surface area contributed by atoms with Crippen molar-refractivity contribution in [3.8, 4) is 11.5 Å². The van der Waals surface area contributed by atoms with Gasteiger partial charge in [-0.15, -0.1) is 24.0 Å². The first-order chi connectivity index (χ1) is 12.9. The molecule has 0 aliphatic heterocycles. The van der Waals surface area contributed by atoms with Gasteiger partial charge in [0, 0.05) is 18.3 Å². The second-order valence-corrected chi connectivity index (χ2v) is 5.59. The van der Waals surface area contributed by atoms with Crippen molar-refractivity contribution in [2.75, 3.05) is 26.1 Å². The van der Waals surface area contributed by atoms with Crippen LogP contribution in [0.1, 0.15) is 18.1 Å². The van der Waals surface area contributed by atoms with E-state index in [9.17, 15) is 13.2 Å². The first kappa shape index (κ1) is 23.9. The van der Waals surface area contributed by atoms with Crippen molar-refractivity contribution in [2.45, 2.75) is 19.6 Å². The Hall–Kier alpha value is -2.17. The Morgan fingerprint density at radius 1 is 1.04 bits per heavy atom. The van der Waals surface area contributed by atoms with Crippen molar-refractivity contribution < 1.29 is 22.6 Å². The summed E-state index contributed by atoms with van der Waals surface area (Å²) in [6.45, 7) is 2.60. The third-order valence-corrected chi connectivity index (χ3v) is 3.66. The number of rotatable bonds is 6. The Bertz CT molecular complexity index is 798. The van der Waals surface area contributed by atoms with Crippen LogP contribution in [0.2, 0.25) is 0 Å². The van der Waals surface area contributed by atoms with E-state index in [4.69, 9.17) is 9.47 Å². The Morgan fingerprint density at radius 3 is 2.36 bits per heavy atom. The fourth-order valence-corrected chi connectivity index (χ4v) is 2.37. The number of alkyl halides is 3. The molecule has 0 atom stereocenters. The van der Waals surface area contributed by atoms with Gasteiger partial charge in [-0.2, -0.15) is 13.2 Å². The summed E-state index contributed by atoms with van der Waals surface area (Å²) in [5.41, 5.74) is 0.485. The molecule has 154 valence electrons. The molecule has 0 unspecified atom stereocenters. The monoisotopic (exact) mass is 509 g/mol. The van der Waals surface area contributed by atoms with E-state index in [1.807, 2.05) is 6.92 Å². The lowest BCUT2D eigenvalue weighted by Crippen LogP contribution is -2.30. The number of nitrogens with one attached hydrogen (secondary N) is 2. The van der Waals surface area contributed by atoms with Gasteiger partial charge >= 0.3 is 6.18 Å². The molecule has 0 amide bonds. The lowest BCUT2D eigenvalue weighted by Gasteiger charge is -2.14. The Balaban J connectivity index is 0.00000392. The van der Waals surface area contributed by atoms with Crippen LogP contribution >= 0.6 is 24.0 Å². The van der Waals surface area contributed by atoms with E-state index in [0.29, 0.717) is 35.3 Å². The number of aliphatic imine (C=N–C) groups is 1. The van der Waals surface area contributed by atoms with E-state index in [2.05, 4.69) is 15.6 Å². The zero-order valence-electron chi connectivity index (χ0n) is 15.8. The second-order valence-electron chi connectivity index (χ2n) is 5.59. The van der Waals surface area contributed by atoms with Crippen molar-refractivity contribution in [1.29, 1.82) is 0 Å². The molecule has 0 saturated heterocycles. The molecule has 2 aromatic carbocycles. The van der Waals surface area contributed by atoms with Crippen LogP contribution in [0.25, 0.3) is 0 Å². The van der Waals surface area contributed by atoms with Gasteiger partial charge in [0.15, 0.2) is 17.5 Å². The fraction of sp³-hybridized carbons (Fsp3) is 0.316. The number of guanidine groups is 1. The molecule has 0 bridgehead atoms. The van der Waals surface area contributed by atoms with E-state index >= 15 is 0 Å². The first-order valence-corrected chi connectivity index (χ1v) is 8.31. The standard InChI is InChI=1S/C19H22F3N3O2.HI/c1-4-23-18(25-15-8-9-16(26-2)17(11-15)27-3)24-12-13-6-5-7-14(10-13)19(20,21)22;/h5-11H,4,12H2,1-3H3,(H2,23,24,25);1H. The van der Waals surface area contributed by atoms with Crippen molar-refractivity contribution in [1.82, 2.24) is 5.32 Å². The van der Waals surface area contributed by atoms with Crippen LogP contribution < -0.4 is 20.1 Å². The van der Waals surface area contributed by atoms with Gasteiger partial charge in [0.05, 0.1) is 26.3 Å². The van der Waals surface area contributed by atoms with Gasteiger partial charge in [0.2, 0.25) is 0 Å². The average molecular weight is 509 g/mol. The minimum Gasteiger partial charge on any atom is -0.493 e. The van der Waals surface area contributed by atoms with E-state index < -0.39 is 11.7 Å². The molecule has 9 heteroatoms. The molecular weight excluding hydrogens is 486 g/mol. The van der Waals surface area contributed by atoms with Crippen LogP contribution in [0.3, 0.4) is 0 Å². The second kappa shape index (κ2) is 11.0. The SMILES string of the molecule is CCNC(=NCc1cccc(C(F)(F)F)c1)Nc1ccc(OC)c(OC)c1.I. The number of methoxy groups -OCH3 is 2. The lowest BCUT2D eigenvalue weighted by molar-refractivity contribution is -0.137. The summed E-state index contributed by atoms with van der Waals surface area (Å²) in [5.74, 6) is 1.59. The molecule has 0 aliphatic carbocycles. The highest BCUT2D eigenvalue weighted by molar-refractivity contribution is 14.0. The van der Waals surface area contributed by atoms with Gasteiger partial charge in [0.25, 0.3) is 0 Å². The van der Waals surface area contributed by atoms with Gasteiger partial charge in [-0.25, -0.2) is 4.99 Å². The quantitative estimate of drug-likeness (QED) is 0.330. The summed E-state index contributed by atoms with van der Waals surface area (Å²) in [5, 5.41) is 6.16. The van der Waals surface area contributed by atoms with Crippen LogP contribution in [-0.2, 0) is 12.7 Å². The van der Waals surface area contributed by atoms with Crippen LogP contribution in [0.4, 0.5) is 18.9 Å². The molecule has 0 aromatic heterocycles. The Kier molecular flexibility index (Phi) is 9.36. The molecule has 2 rings (SSSR count). The number of ether oxygens (including phenoxy) is 2. The van der Waals surface area contributed by atoms with Gasteiger partial charge in [-0.1, -0.05) is 12.1 Å². The highest BCUT2D eigenvalue weighted by atomic mass is 127. The zero-order valence-corrected chi connectivity index (χ0v) is 18.1. The fourth-order valence-electron chi connectivity index (χ4n) is 2.37. The predicted octanol–water partition coefficient (Wildman–Crippen LogP) is 4.92. The molecule has 2 N–H and O–H groups in total. The molecule has 0 heterocycles. The summed E-state index contributed by atoms with van der Waals surface area (Å²) in [7, 11) is 3.08. The summed E-state index contributed by atoms with van der Waals surface area (Å²) >= 11 is 0. The number of nitrogens with zero attached hydrogens (tertiary/aromatic N) is 1. The molecule has 0 saturated carbocycles. The maximum atomic E-state index is 12.8. The minimum absolute atomic E-state index is 0. The smallest absolute Gasteiger partial charge is 0.416 e. The van der Waals surface area contributed by atoms with Gasteiger partial charge in [-0.3, -0.25) is 0 Å².